The van der Waals surface area contributed by atoms with Gasteiger partial charge in [0.15, 0.2) is 0 Å². The van der Waals surface area contributed by atoms with Crippen LogP contribution in [0.2, 0.25) is 0 Å². The van der Waals surface area contributed by atoms with Crippen LogP contribution in [0.5, 0.6) is 0 Å². The fourth-order valence-corrected chi connectivity index (χ4v) is 1.34. The van der Waals surface area contributed by atoms with E-state index in [-0.39, 0.29) is 0 Å². The largest absolute Gasteiger partial charge is 0.294 e. The Morgan fingerprint density at radius 3 is 2.88 bits per heavy atom. The van der Waals surface area contributed by atoms with E-state index < -0.39 is 0 Å². The molecule has 1 heterocycles. The summed E-state index contributed by atoms with van der Waals surface area (Å²) in [4.78, 5) is 2.91. The first-order valence-corrected chi connectivity index (χ1v) is 3.88. The van der Waals surface area contributed by atoms with Gasteiger partial charge in [-0.15, -0.1) is 0 Å². The third-order valence-corrected chi connectivity index (χ3v) is 2.60. The van der Waals surface area contributed by atoms with Crippen LogP contribution in [0.4, 0.5) is 0 Å². The normalized spacial score (nSPS) is 33.0. The van der Waals surface area contributed by atoms with Gasteiger partial charge in [-0.05, 0) is 32.9 Å². The molecule has 0 aliphatic carbocycles. The maximum Gasteiger partial charge on any atom is 0.0655 e. The van der Waals surface area contributed by atoms with Crippen LogP contribution in [0, 0.1) is 6.42 Å². The molecule has 1 saturated heterocycles. The van der Waals surface area contributed by atoms with Gasteiger partial charge in [0.25, 0.3) is 0 Å². The molecule has 1 aliphatic heterocycles. The summed E-state index contributed by atoms with van der Waals surface area (Å²) in [5.74, 6) is 0. The van der Waals surface area contributed by atoms with Gasteiger partial charge in [-0.25, -0.2) is 0 Å². The predicted octanol–water partition coefficient (Wildman–Crippen LogP) is 1.64. The standard InChI is InChI=1S/C6H11BrN/c1-8-5-3-2-4-6(8)7/h2,6H,3-5H2,1H3. The molecule has 0 aromatic carbocycles. The number of alkyl halides is 1. The Balaban J connectivity index is 2.28. The Morgan fingerprint density at radius 2 is 2.50 bits per heavy atom. The lowest BCUT2D eigenvalue weighted by Gasteiger charge is -2.27. The van der Waals surface area contributed by atoms with Gasteiger partial charge in [0.1, 0.15) is 0 Å². The van der Waals surface area contributed by atoms with Gasteiger partial charge < -0.3 is 0 Å². The minimum atomic E-state index is 0.594. The molecule has 1 unspecified atom stereocenters. The Morgan fingerprint density at radius 1 is 1.75 bits per heavy atom. The fraction of sp³-hybridized carbons (Fsp3) is 0.833. The van der Waals surface area contributed by atoms with Crippen molar-refractivity contribution in [2.75, 3.05) is 13.6 Å². The highest BCUT2D eigenvalue weighted by molar-refractivity contribution is 9.09. The van der Waals surface area contributed by atoms with Crippen molar-refractivity contribution < 1.29 is 0 Å². The summed E-state index contributed by atoms with van der Waals surface area (Å²) in [6.45, 7) is 1.20. The summed E-state index contributed by atoms with van der Waals surface area (Å²) in [6, 6.07) is 0. The highest BCUT2D eigenvalue weighted by Gasteiger charge is 2.14. The van der Waals surface area contributed by atoms with Crippen LogP contribution in [0.15, 0.2) is 0 Å². The second-order valence-corrected chi connectivity index (χ2v) is 3.29. The van der Waals surface area contributed by atoms with Crippen molar-refractivity contribution in [2.24, 2.45) is 0 Å². The molecule has 1 fully saturated rings. The number of rotatable bonds is 0. The highest BCUT2D eigenvalue weighted by Crippen LogP contribution is 2.17. The summed E-state index contributed by atoms with van der Waals surface area (Å²) in [5, 5.41) is 0. The van der Waals surface area contributed by atoms with Crippen LogP contribution in [0.1, 0.15) is 12.8 Å². The second kappa shape index (κ2) is 2.83. The van der Waals surface area contributed by atoms with Gasteiger partial charge in [0.2, 0.25) is 0 Å². The molecule has 1 nitrogen and oxygen atoms in total. The molecule has 1 rings (SSSR count). The molecular weight excluding hydrogens is 166 g/mol. The average molecular weight is 177 g/mol. The fourth-order valence-electron chi connectivity index (χ4n) is 0.870. The molecule has 8 heavy (non-hydrogen) atoms. The van der Waals surface area contributed by atoms with Crippen LogP contribution in [0.3, 0.4) is 0 Å². The first-order chi connectivity index (χ1) is 3.80. The van der Waals surface area contributed by atoms with E-state index in [4.69, 9.17) is 0 Å². The van der Waals surface area contributed by atoms with Crippen LogP contribution in [-0.4, -0.2) is 23.4 Å². The van der Waals surface area contributed by atoms with Crippen molar-refractivity contribution in [3.05, 3.63) is 6.42 Å². The van der Waals surface area contributed by atoms with E-state index in [1.54, 1.807) is 0 Å². The van der Waals surface area contributed by atoms with Crippen LogP contribution in [-0.2, 0) is 0 Å². The van der Waals surface area contributed by atoms with Gasteiger partial charge >= 0.3 is 0 Å². The molecule has 0 N–H and O–H groups in total. The summed E-state index contributed by atoms with van der Waals surface area (Å²) >= 11 is 3.55. The number of likely N-dealkylation sites (tertiary alicyclic amines) is 1. The van der Waals surface area contributed by atoms with Crippen LogP contribution < -0.4 is 0 Å². The first kappa shape index (κ1) is 6.56. The number of halogens is 1. The molecule has 0 aromatic heterocycles. The molecule has 1 radical (unpaired) electrons. The van der Waals surface area contributed by atoms with E-state index in [1.807, 2.05) is 0 Å². The Hall–Kier alpha value is 0.440. The molecule has 1 atom stereocenters. The molecule has 1 aliphatic rings. The van der Waals surface area contributed by atoms with Gasteiger partial charge in [-0.3, -0.25) is 4.90 Å². The smallest absolute Gasteiger partial charge is 0.0655 e. The monoisotopic (exact) mass is 176 g/mol. The number of piperidine rings is 1. The molecule has 0 aromatic rings. The minimum absolute atomic E-state index is 0.594. The quantitative estimate of drug-likeness (QED) is 0.401. The van der Waals surface area contributed by atoms with Gasteiger partial charge in [-0.2, -0.15) is 0 Å². The molecule has 0 saturated carbocycles. The van der Waals surface area contributed by atoms with Crippen molar-refractivity contribution in [3.63, 3.8) is 0 Å². The van der Waals surface area contributed by atoms with E-state index in [9.17, 15) is 0 Å². The number of hydrogen-bond acceptors (Lipinski definition) is 1. The third-order valence-electron chi connectivity index (χ3n) is 1.53. The Kier molecular flexibility index (Phi) is 2.32. The molecule has 47 valence electrons. The van der Waals surface area contributed by atoms with Crippen LogP contribution in [0.25, 0.3) is 0 Å². The summed E-state index contributed by atoms with van der Waals surface area (Å²) in [7, 11) is 2.15. The van der Waals surface area contributed by atoms with E-state index in [0.29, 0.717) is 4.95 Å². The lowest BCUT2D eigenvalue weighted by molar-refractivity contribution is 0.288. The second-order valence-electron chi connectivity index (χ2n) is 2.23. The molecule has 0 spiro atoms. The van der Waals surface area contributed by atoms with Crippen LogP contribution >= 0.6 is 15.9 Å². The Bertz CT molecular complexity index is 64.9. The lowest BCUT2D eigenvalue weighted by Crippen LogP contribution is -2.31. The van der Waals surface area contributed by atoms with Gasteiger partial charge in [-0.1, -0.05) is 15.9 Å². The zero-order chi connectivity index (χ0) is 5.98. The SMILES string of the molecule is CN1CC[CH]CC1Br. The zero-order valence-corrected chi connectivity index (χ0v) is 6.69. The number of hydrogen-bond donors (Lipinski definition) is 0. The maximum atomic E-state index is 3.55. The Labute approximate surface area is 59.2 Å². The molecule has 0 amide bonds. The topological polar surface area (TPSA) is 3.24 Å². The van der Waals surface area contributed by atoms with Crippen molar-refractivity contribution in [3.8, 4) is 0 Å². The van der Waals surface area contributed by atoms with Crippen molar-refractivity contribution >= 4 is 15.9 Å². The first-order valence-electron chi connectivity index (χ1n) is 2.96. The summed E-state index contributed by atoms with van der Waals surface area (Å²) in [5.41, 5.74) is 0. The average Bonchev–Trinajstić information content (AvgIpc) is 1.77. The molecule has 0 bridgehead atoms. The highest BCUT2D eigenvalue weighted by atomic mass is 79.9. The van der Waals surface area contributed by atoms with Crippen molar-refractivity contribution in [2.45, 2.75) is 17.8 Å². The molecular formula is C6H11BrN. The van der Waals surface area contributed by atoms with Crippen molar-refractivity contribution in [1.82, 2.24) is 4.90 Å². The van der Waals surface area contributed by atoms with Gasteiger partial charge in [0, 0.05) is 0 Å². The molecule has 2 heteroatoms. The van der Waals surface area contributed by atoms with E-state index in [1.165, 1.54) is 19.4 Å². The maximum absolute atomic E-state index is 3.55. The van der Waals surface area contributed by atoms with E-state index in [2.05, 4.69) is 34.3 Å². The van der Waals surface area contributed by atoms with E-state index >= 15 is 0 Å². The van der Waals surface area contributed by atoms with E-state index in [0.717, 1.165) is 0 Å². The minimum Gasteiger partial charge on any atom is -0.294 e. The summed E-state index contributed by atoms with van der Waals surface area (Å²) in [6.07, 6.45) is 4.77. The predicted molar refractivity (Wildman–Crippen MR) is 38.9 cm³/mol. The summed E-state index contributed by atoms with van der Waals surface area (Å²) < 4.78 is 0. The number of nitrogens with zero attached hydrogens (tertiary/aromatic N) is 1. The lowest BCUT2D eigenvalue weighted by atomic mass is 10.1. The van der Waals surface area contributed by atoms with Gasteiger partial charge in [0.05, 0.1) is 4.95 Å². The third kappa shape index (κ3) is 1.46. The zero-order valence-electron chi connectivity index (χ0n) is 5.10. The van der Waals surface area contributed by atoms with Crippen molar-refractivity contribution in [1.29, 1.82) is 0 Å².